The van der Waals surface area contributed by atoms with Gasteiger partial charge < -0.3 is 5.32 Å². The molecule has 0 bridgehead atoms. The molecule has 0 saturated carbocycles. The SMILES string of the molecule is Cc1ccccc1C(C)NCc1cnn2ccccc12. The standard InChI is InChI=1S/C17H19N3/c1-13-7-3-4-8-16(13)14(2)18-11-15-12-19-20-10-6-5-9-17(15)20/h3-10,12,14,18H,11H2,1-2H3. The lowest BCUT2D eigenvalue weighted by atomic mass is 10.0. The second-order valence-corrected chi connectivity index (χ2v) is 5.16. The van der Waals surface area contributed by atoms with Gasteiger partial charge >= 0.3 is 0 Å². The first-order chi connectivity index (χ1) is 9.75. The Hall–Kier alpha value is -2.13. The zero-order valence-corrected chi connectivity index (χ0v) is 11.9. The Morgan fingerprint density at radius 2 is 1.95 bits per heavy atom. The van der Waals surface area contributed by atoms with Gasteiger partial charge in [-0.3, -0.25) is 0 Å². The minimum Gasteiger partial charge on any atom is -0.306 e. The highest BCUT2D eigenvalue weighted by Gasteiger charge is 2.09. The van der Waals surface area contributed by atoms with Crippen LogP contribution in [0.2, 0.25) is 0 Å². The molecule has 0 saturated heterocycles. The van der Waals surface area contributed by atoms with Crippen LogP contribution in [0, 0.1) is 6.92 Å². The Kier molecular flexibility index (Phi) is 3.52. The van der Waals surface area contributed by atoms with Crippen LogP contribution in [0.15, 0.2) is 54.9 Å². The molecular formula is C17H19N3. The molecule has 1 N–H and O–H groups in total. The molecule has 0 radical (unpaired) electrons. The third-order valence-corrected chi connectivity index (χ3v) is 3.76. The van der Waals surface area contributed by atoms with Crippen LogP contribution >= 0.6 is 0 Å². The van der Waals surface area contributed by atoms with E-state index in [0.717, 1.165) is 12.1 Å². The van der Waals surface area contributed by atoms with Crippen molar-refractivity contribution in [3.8, 4) is 0 Å². The van der Waals surface area contributed by atoms with Crippen LogP contribution in [-0.2, 0) is 6.54 Å². The van der Waals surface area contributed by atoms with Crippen molar-refractivity contribution in [1.29, 1.82) is 0 Å². The van der Waals surface area contributed by atoms with E-state index in [0.29, 0.717) is 6.04 Å². The van der Waals surface area contributed by atoms with E-state index in [1.54, 1.807) is 0 Å². The van der Waals surface area contributed by atoms with Crippen LogP contribution in [0.5, 0.6) is 0 Å². The average molecular weight is 265 g/mol. The van der Waals surface area contributed by atoms with Gasteiger partial charge in [0.25, 0.3) is 0 Å². The minimum absolute atomic E-state index is 0.329. The predicted octanol–water partition coefficient (Wildman–Crippen LogP) is 3.49. The molecule has 0 fully saturated rings. The molecule has 1 atom stereocenters. The molecule has 0 aliphatic rings. The number of rotatable bonds is 4. The summed E-state index contributed by atoms with van der Waals surface area (Å²) in [5.41, 5.74) is 5.07. The van der Waals surface area contributed by atoms with E-state index in [2.05, 4.69) is 54.6 Å². The third-order valence-electron chi connectivity index (χ3n) is 3.76. The molecule has 20 heavy (non-hydrogen) atoms. The number of nitrogens with zero attached hydrogens (tertiary/aromatic N) is 2. The van der Waals surface area contributed by atoms with Crippen LogP contribution in [0.4, 0.5) is 0 Å². The van der Waals surface area contributed by atoms with Gasteiger partial charge in [-0.1, -0.05) is 30.3 Å². The summed E-state index contributed by atoms with van der Waals surface area (Å²) in [4.78, 5) is 0. The second kappa shape index (κ2) is 5.47. The Bertz CT molecular complexity index is 715. The number of fused-ring (bicyclic) bond motifs is 1. The van der Waals surface area contributed by atoms with Crippen LogP contribution in [0.3, 0.4) is 0 Å². The molecule has 1 aromatic carbocycles. The number of pyridine rings is 1. The third kappa shape index (κ3) is 2.45. The molecule has 2 aromatic heterocycles. The highest BCUT2D eigenvalue weighted by atomic mass is 15.2. The quantitative estimate of drug-likeness (QED) is 0.782. The van der Waals surface area contributed by atoms with Crippen molar-refractivity contribution < 1.29 is 0 Å². The second-order valence-electron chi connectivity index (χ2n) is 5.16. The Balaban J connectivity index is 1.75. The molecule has 0 aliphatic heterocycles. The number of nitrogens with one attached hydrogen (secondary N) is 1. The fourth-order valence-electron chi connectivity index (χ4n) is 2.57. The van der Waals surface area contributed by atoms with Gasteiger partial charge in [0.1, 0.15) is 0 Å². The van der Waals surface area contributed by atoms with Crippen molar-refractivity contribution in [3.63, 3.8) is 0 Å². The summed E-state index contributed by atoms with van der Waals surface area (Å²) in [6.45, 7) is 5.18. The molecule has 3 heteroatoms. The average Bonchev–Trinajstić information content (AvgIpc) is 2.88. The first-order valence-corrected chi connectivity index (χ1v) is 6.96. The fourth-order valence-corrected chi connectivity index (χ4v) is 2.57. The smallest absolute Gasteiger partial charge is 0.0706 e. The molecule has 2 heterocycles. The first-order valence-electron chi connectivity index (χ1n) is 6.96. The lowest BCUT2D eigenvalue weighted by molar-refractivity contribution is 0.574. The summed E-state index contributed by atoms with van der Waals surface area (Å²) in [5.74, 6) is 0. The Morgan fingerprint density at radius 1 is 1.15 bits per heavy atom. The number of aromatic nitrogens is 2. The zero-order chi connectivity index (χ0) is 13.9. The lowest BCUT2D eigenvalue weighted by Crippen LogP contribution is -2.18. The molecule has 3 nitrogen and oxygen atoms in total. The van der Waals surface area contributed by atoms with Gasteiger partial charge in [0.05, 0.1) is 11.7 Å². The van der Waals surface area contributed by atoms with E-state index >= 15 is 0 Å². The minimum atomic E-state index is 0.329. The zero-order valence-electron chi connectivity index (χ0n) is 11.9. The van der Waals surface area contributed by atoms with Gasteiger partial charge in [0.15, 0.2) is 0 Å². The van der Waals surface area contributed by atoms with Gasteiger partial charge in [-0.15, -0.1) is 0 Å². The number of hydrogen-bond donors (Lipinski definition) is 1. The molecule has 0 spiro atoms. The van der Waals surface area contributed by atoms with Gasteiger partial charge in [0, 0.05) is 24.3 Å². The number of hydrogen-bond acceptors (Lipinski definition) is 2. The van der Waals surface area contributed by atoms with Crippen LogP contribution < -0.4 is 5.32 Å². The molecule has 1 unspecified atom stereocenters. The van der Waals surface area contributed by atoms with E-state index in [-0.39, 0.29) is 0 Å². The van der Waals surface area contributed by atoms with Crippen LogP contribution in [0.1, 0.15) is 29.7 Å². The summed E-state index contributed by atoms with van der Waals surface area (Å²) >= 11 is 0. The van der Waals surface area contributed by atoms with Crippen molar-refractivity contribution in [3.05, 3.63) is 71.5 Å². The van der Waals surface area contributed by atoms with Gasteiger partial charge in [-0.05, 0) is 37.1 Å². The van der Waals surface area contributed by atoms with E-state index in [1.165, 1.54) is 16.7 Å². The van der Waals surface area contributed by atoms with Crippen LogP contribution in [0.25, 0.3) is 5.52 Å². The van der Waals surface area contributed by atoms with E-state index in [1.807, 2.05) is 29.0 Å². The maximum absolute atomic E-state index is 4.36. The normalized spacial score (nSPS) is 12.7. The van der Waals surface area contributed by atoms with Crippen molar-refractivity contribution in [2.75, 3.05) is 0 Å². The van der Waals surface area contributed by atoms with Gasteiger partial charge in [-0.25, -0.2) is 4.52 Å². The highest BCUT2D eigenvalue weighted by molar-refractivity contribution is 5.53. The molecule has 3 rings (SSSR count). The molecule has 102 valence electrons. The number of benzene rings is 1. The molecule has 0 amide bonds. The maximum atomic E-state index is 4.36. The molecule has 3 aromatic rings. The van der Waals surface area contributed by atoms with Crippen LogP contribution in [-0.4, -0.2) is 9.61 Å². The molecular weight excluding hydrogens is 246 g/mol. The van der Waals surface area contributed by atoms with E-state index in [9.17, 15) is 0 Å². The lowest BCUT2D eigenvalue weighted by Gasteiger charge is -2.16. The van der Waals surface area contributed by atoms with E-state index in [4.69, 9.17) is 0 Å². The number of aryl methyl sites for hydroxylation is 1. The first kappa shape index (κ1) is 12.9. The maximum Gasteiger partial charge on any atom is 0.0706 e. The largest absolute Gasteiger partial charge is 0.306 e. The predicted molar refractivity (Wildman–Crippen MR) is 81.6 cm³/mol. The highest BCUT2D eigenvalue weighted by Crippen LogP contribution is 2.18. The summed E-state index contributed by atoms with van der Waals surface area (Å²) in [6, 6.07) is 15.0. The summed E-state index contributed by atoms with van der Waals surface area (Å²) in [5, 5.41) is 7.94. The topological polar surface area (TPSA) is 29.3 Å². The van der Waals surface area contributed by atoms with Crippen molar-refractivity contribution in [1.82, 2.24) is 14.9 Å². The van der Waals surface area contributed by atoms with Gasteiger partial charge in [0.2, 0.25) is 0 Å². The Morgan fingerprint density at radius 3 is 2.80 bits per heavy atom. The van der Waals surface area contributed by atoms with E-state index < -0.39 is 0 Å². The van der Waals surface area contributed by atoms with Crippen molar-refractivity contribution in [2.45, 2.75) is 26.4 Å². The fraction of sp³-hybridized carbons (Fsp3) is 0.235. The summed E-state index contributed by atoms with van der Waals surface area (Å²) < 4.78 is 1.91. The summed E-state index contributed by atoms with van der Waals surface area (Å²) in [7, 11) is 0. The molecule has 0 aliphatic carbocycles. The summed E-state index contributed by atoms with van der Waals surface area (Å²) in [6.07, 6.45) is 3.91. The van der Waals surface area contributed by atoms with Gasteiger partial charge in [-0.2, -0.15) is 5.10 Å². The Labute approximate surface area is 119 Å². The monoisotopic (exact) mass is 265 g/mol. The van der Waals surface area contributed by atoms with Crippen molar-refractivity contribution >= 4 is 5.52 Å². The van der Waals surface area contributed by atoms with Crippen molar-refractivity contribution in [2.24, 2.45) is 0 Å².